The van der Waals surface area contributed by atoms with Gasteiger partial charge in [0, 0.05) is 23.0 Å². The number of likely N-dealkylation sites (tertiary alicyclic amines) is 1. The molecule has 5 rings (SSSR count). The monoisotopic (exact) mass is 671 g/mol. The van der Waals surface area contributed by atoms with E-state index in [1.54, 1.807) is 17.9 Å². The number of carbonyl (C=O) groups excluding carboxylic acids is 4. The molecule has 4 aliphatic rings. The van der Waals surface area contributed by atoms with Gasteiger partial charge in [-0.3, -0.25) is 19.2 Å². The fourth-order valence-electron chi connectivity index (χ4n) is 7.07. The highest BCUT2D eigenvalue weighted by Crippen LogP contribution is 2.59. The van der Waals surface area contributed by atoms with Crippen LogP contribution in [0.25, 0.3) is 0 Å². The predicted molar refractivity (Wildman–Crippen MR) is 166 cm³/mol. The van der Waals surface area contributed by atoms with E-state index in [1.807, 2.05) is 70.2 Å². The Kier molecular flexibility index (Phi) is 9.13. The van der Waals surface area contributed by atoms with Gasteiger partial charge in [0.05, 0.1) is 24.6 Å². The number of hydrogen-bond acceptors (Lipinski definition) is 7. The lowest BCUT2D eigenvalue weighted by atomic mass is 9.74. The molecule has 10 nitrogen and oxygen atoms in total. The molecule has 44 heavy (non-hydrogen) atoms. The van der Waals surface area contributed by atoms with Gasteiger partial charge in [-0.25, -0.2) is 0 Å². The van der Waals surface area contributed by atoms with Gasteiger partial charge in [0.2, 0.25) is 17.7 Å². The largest absolute Gasteiger partial charge is 0.455 e. The van der Waals surface area contributed by atoms with E-state index in [1.165, 1.54) is 4.90 Å². The Morgan fingerprint density at radius 3 is 2.43 bits per heavy atom. The smallest absolute Gasteiger partial charge is 0.313 e. The molecule has 8 atom stereocenters. The summed E-state index contributed by atoms with van der Waals surface area (Å²) in [4.78, 5) is 59.4. The number of cyclic esters (lactones) is 1. The molecule has 5 bridgehead atoms. The molecular formula is C33H42BrN3O7. The standard InChI is InChI=1S/C33H42BrN3O7/c1-6-21(18-38)37-28-30(41)36(32(3,4)5)16-12-8-11-15-23(39)35-19(2)26(20-13-9-7-10-14-20)43-31(42)24-25(29(37)40)33(28)17-22(34)27(24)44-33/h7-10,12-14,17,19,21,24-28,38H,6,11,15-16,18H2,1-5H3,(H,35,39)/b12-8-/t19-,21-,24+,25-,26+,27+,28+,33-/m0/s1. The van der Waals surface area contributed by atoms with Crippen LogP contribution in [0.15, 0.2) is 53.0 Å². The molecule has 0 saturated carbocycles. The van der Waals surface area contributed by atoms with Crippen LogP contribution < -0.4 is 5.32 Å². The number of allylic oxidation sites excluding steroid dienone is 1. The van der Waals surface area contributed by atoms with Crippen LogP contribution in [-0.4, -0.2) is 87.1 Å². The maximum absolute atomic E-state index is 14.7. The lowest BCUT2D eigenvalue weighted by Crippen LogP contribution is -2.61. The van der Waals surface area contributed by atoms with Crippen molar-refractivity contribution in [3.63, 3.8) is 0 Å². The van der Waals surface area contributed by atoms with E-state index in [0.29, 0.717) is 22.9 Å². The molecule has 0 aliphatic carbocycles. The lowest BCUT2D eigenvalue weighted by molar-refractivity contribution is -0.162. The summed E-state index contributed by atoms with van der Waals surface area (Å²) in [6.07, 6.45) is 4.91. The van der Waals surface area contributed by atoms with Crippen molar-refractivity contribution in [2.45, 2.75) is 95.4 Å². The molecule has 0 aromatic heterocycles. The molecule has 0 radical (unpaired) electrons. The van der Waals surface area contributed by atoms with E-state index in [2.05, 4.69) is 21.2 Å². The number of nitrogens with one attached hydrogen (secondary N) is 1. The first-order valence-electron chi connectivity index (χ1n) is 15.4. The van der Waals surface area contributed by atoms with Crippen LogP contribution in [-0.2, 0) is 28.7 Å². The van der Waals surface area contributed by atoms with Crippen LogP contribution in [0, 0.1) is 11.8 Å². The summed E-state index contributed by atoms with van der Waals surface area (Å²) in [7, 11) is 0. The van der Waals surface area contributed by atoms with E-state index in [0.717, 1.165) is 0 Å². The molecule has 2 saturated heterocycles. The fraction of sp³-hybridized carbons (Fsp3) is 0.576. The van der Waals surface area contributed by atoms with Gasteiger partial charge in [-0.1, -0.05) is 65.3 Å². The summed E-state index contributed by atoms with van der Waals surface area (Å²) in [5.74, 6) is -3.70. The number of fused-ring (bicyclic) bond motifs is 2. The van der Waals surface area contributed by atoms with Crippen molar-refractivity contribution >= 4 is 39.6 Å². The molecule has 0 unspecified atom stereocenters. The highest BCUT2D eigenvalue weighted by molar-refractivity contribution is 9.11. The van der Waals surface area contributed by atoms with Crippen LogP contribution in [0.4, 0.5) is 0 Å². The van der Waals surface area contributed by atoms with Crippen molar-refractivity contribution in [3.8, 4) is 0 Å². The van der Waals surface area contributed by atoms with Crippen molar-refractivity contribution in [1.82, 2.24) is 15.1 Å². The summed E-state index contributed by atoms with van der Waals surface area (Å²) in [5.41, 5.74) is -1.38. The number of halogens is 1. The molecule has 1 aromatic rings. The van der Waals surface area contributed by atoms with Gasteiger partial charge < -0.3 is 29.7 Å². The van der Waals surface area contributed by atoms with Crippen molar-refractivity contribution in [2.75, 3.05) is 13.2 Å². The summed E-state index contributed by atoms with van der Waals surface area (Å²) < 4.78 is 13.3. The highest BCUT2D eigenvalue weighted by Gasteiger charge is 2.75. The van der Waals surface area contributed by atoms with E-state index in [9.17, 15) is 24.3 Å². The van der Waals surface area contributed by atoms with Gasteiger partial charge in [0.25, 0.3) is 0 Å². The van der Waals surface area contributed by atoms with Crippen molar-refractivity contribution in [1.29, 1.82) is 0 Å². The average molecular weight is 673 g/mol. The van der Waals surface area contributed by atoms with Gasteiger partial charge in [0.15, 0.2) is 0 Å². The van der Waals surface area contributed by atoms with Crippen LogP contribution in [0.5, 0.6) is 0 Å². The van der Waals surface area contributed by atoms with Crippen LogP contribution >= 0.6 is 15.9 Å². The van der Waals surface area contributed by atoms with Gasteiger partial charge in [-0.2, -0.15) is 0 Å². The summed E-state index contributed by atoms with van der Waals surface area (Å²) in [6, 6.07) is 6.83. The molecule has 1 spiro atoms. The Morgan fingerprint density at radius 2 is 1.80 bits per heavy atom. The number of amides is 3. The Labute approximate surface area is 266 Å². The highest BCUT2D eigenvalue weighted by atomic mass is 79.9. The molecule has 2 N–H and O–H groups in total. The van der Waals surface area contributed by atoms with E-state index in [4.69, 9.17) is 9.47 Å². The second-order valence-corrected chi connectivity index (χ2v) is 14.0. The zero-order chi connectivity index (χ0) is 32.0. The normalized spacial score (nSPS) is 34.4. The molecule has 1 aromatic carbocycles. The first-order valence-corrected chi connectivity index (χ1v) is 16.1. The maximum Gasteiger partial charge on any atom is 0.313 e. The number of rotatable bonds is 4. The van der Waals surface area contributed by atoms with Crippen LogP contribution in [0.2, 0.25) is 0 Å². The minimum Gasteiger partial charge on any atom is -0.455 e. The second-order valence-electron chi connectivity index (χ2n) is 13.1. The minimum absolute atomic E-state index is 0.195. The molecule has 11 heteroatoms. The van der Waals surface area contributed by atoms with Crippen molar-refractivity contribution in [2.24, 2.45) is 11.8 Å². The Balaban J connectivity index is 1.65. The average Bonchev–Trinajstić information content (AvgIpc) is 3.56. The molecular weight excluding hydrogens is 630 g/mol. The van der Waals surface area contributed by atoms with Crippen molar-refractivity contribution < 1.29 is 33.8 Å². The fourth-order valence-corrected chi connectivity index (χ4v) is 7.81. The summed E-state index contributed by atoms with van der Waals surface area (Å²) in [6.45, 7) is 9.27. The second kappa shape index (κ2) is 12.4. The molecule has 2 fully saturated rings. The minimum atomic E-state index is -1.44. The molecule has 4 aliphatic heterocycles. The predicted octanol–water partition coefficient (Wildman–Crippen LogP) is 3.40. The molecule has 238 valence electrons. The number of carbonyl (C=O) groups is 4. The quantitative estimate of drug-likeness (QED) is 0.371. The van der Waals surface area contributed by atoms with Gasteiger partial charge in [-0.05, 0) is 52.2 Å². The number of aliphatic hydroxyl groups excluding tert-OH is 1. The third-order valence-corrected chi connectivity index (χ3v) is 9.91. The zero-order valence-electron chi connectivity index (χ0n) is 25.9. The number of ether oxygens (including phenoxy) is 2. The zero-order valence-corrected chi connectivity index (χ0v) is 27.5. The van der Waals surface area contributed by atoms with Crippen LogP contribution in [0.1, 0.15) is 65.5 Å². The third-order valence-electron chi connectivity index (χ3n) is 9.23. The van der Waals surface area contributed by atoms with Crippen molar-refractivity contribution in [3.05, 3.63) is 58.6 Å². The van der Waals surface area contributed by atoms with Crippen LogP contribution in [0.3, 0.4) is 0 Å². The van der Waals surface area contributed by atoms with Gasteiger partial charge in [-0.15, -0.1) is 0 Å². The SMILES string of the molecule is CC[C@@H](CO)N1C(=O)[C@@H]2[C@H]3C(=O)O[C@@H](c4ccccc4)[C@H](C)NC(=O)CC/C=C\CN(C(C)(C)C)C(=O)[C@@H]1[C@]21C=C(Br)[C@H]3O1. The Morgan fingerprint density at radius 1 is 1.09 bits per heavy atom. The van der Waals surface area contributed by atoms with Gasteiger partial charge >= 0.3 is 5.97 Å². The van der Waals surface area contributed by atoms with E-state index < -0.39 is 65.2 Å². The number of esters is 1. The number of hydrogen-bond donors (Lipinski definition) is 2. The first-order chi connectivity index (χ1) is 20.9. The number of nitrogens with zero attached hydrogens (tertiary/aromatic N) is 2. The maximum atomic E-state index is 14.7. The van der Waals surface area contributed by atoms with E-state index >= 15 is 0 Å². The third kappa shape index (κ3) is 5.51. The summed E-state index contributed by atoms with van der Waals surface area (Å²) in [5, 5.41) is 13.4. The van der Waals surface area contributed by atoms with E-state index in [-0.39, 0.29) is 31.4 Å². The molecule has 3 amide bonds. The topological polar surface area (TPSA) is 125 Å². The Hall–Kier alpha value is -3.02. The Bertz CT molecular complexity index is 1350. The number of benzene rings is 1. The van der Waals surface area contributed by atoms with Gasteiger partial charge in [0.1, 0.15) is 29.8 Å². The number of aliphatic hydroxyl groups is 1. The summed E-state index contributed by atoms with van der Waals surface area (Å²) >= 11 is 3.58. The molecule has 4 heterocycles. The lowest BCUT2D eigenvalue weighted by Gasteiger charge is -2.42. The first kappa shape index (κ1) is 32.4.